The van der Waals surface area contributed by atoms with Crippen LogP contribution in [0.5, 0.6) is 0 Å². The van der Waals surface area contributed by atoms with Gasteiger partial charge in [0.2, 0.25) is 0 Å². The number of ether oxygens (including phenoxy) is 2. The number of hydrogen-bond donors (Lipinski definition) is 0. The van der Waals surface area contributed by atoms with Gasteiger partial charge in [0, 0.05) is 6.04 Å². The maximum absolute atomic E-state index is 12.5. The van der Waals surface area contributed by atoms with Gasteiger partial charge in [-0.1, -0.05) is 12.1 Å². The molecule has 2 bridgehead atoms. The molecule has 3 heterocycles. The highest BCUT2D eigenvalue weighted by Crippen LogP contribution is 2.38. The second-order valence-electron chi connectivity index (χ2n) is 7.48. The number of methoxy groups -OCH3 is 1. The van der Waals surface area contributed by atoms with E-state index in [0.717, 1.165) is 24.1 Å². The largest absolute Gasteiger partial charge is 0.464 e. The first-order valence-electron chi connectivity index (χ1n) is 8.56. The first kappa shape index (κ1) is 17.5. The molecule has 0 spiro atoms. The van der Waals surface area contributed by atoms with Crippen LogP contribution in [0.3, 0.4) is 0 Å². The number of carbonyl (C=O) groups is 2. The van der Waals surface area contributed by atoms with Crippen molar-refractivity contribution < 1.29 is 19.1 Å². The van der Waals surface area contributed by atoms with Gasteiger partial charge < -0.3 is 9.47 Å². The lowest BCUT2D eigenvalue weighted by Crippen LogP contribution is -2.45. The Labute approximate surface area is 147 Å². The minimum Gasteiger partial charge on any atom is -0.464 e. The average molecular weight is 344 g/mol. The van der Waals surface area contributed by atoms with Crippen LogP contribution < -0.4 is 0 Å². The molecular weight excluding hydrogens is 320 g/mol. The SMILES string of the molecule is COC(=O)c1cccc(C2=CC3CCC(C2)N3C(=O)OC(C)(C)C)n1. The summed E-state index contributed by atoms with van der Waals surface area (Å²) in [5, 5.41) is 0. The zero-order chi connectivity index (χ0) is 18.2. The minimum absolute atomic E-state index is 0.0205. The molecule has 1 aromatic rings. The van der Waals surface area contributed by atoms with Gasteiger partial charge in [0.15, 0.2) is 0 Å². The molecule has 3 rings (SSSR count). The minimum atomic E-state index is -0.503. The maximum Gasteiger partial charge on any atom is 0.411 e. The van der Waals surface area contributed by atoms with Crippen LogP contribution >= 0.6 is 0 Å². The van der Waals surface area contributed by atoms with Crippen molar-refractivity contribution in [2.24, 2.45) is 0 Å². The Morgan fingerprint density at radius 2 is 2.00 bits per heavy atom. The summed E-state index contributed by atoms with van der Waals surface area (Å²) in [7, 11) is 1.34. The van der Waals surface area contributed by atoms with Gasteiger partial charge in [-0.15, -0.1) is 0 Å². The van der Waals surface area contributed by atoms with Gasteiger partial charge in [0.1, 0.15) is 11.3 Å². The number of amides is 1. The van der Waals surface area contributed by atoms with Crippen molar-refractivity contribution in [2.75, 3.05) is 7.11 Å². The molecule has 0 saturated carbocycles. The number of pyridine rings is 1. The number of nitrogens with zero attached hydrogens (tertiary/aromatic N) is 2. The van der Waals surface area contributed by atoms with Crippen molar-refractivity contribution in [3.05, 3.63) is 35.7 Å². The van der Waals surface area contributed by atoms with Crippen LogP contribution in [-0.4, -0.2) is 46.7 Å². The highest BCUT2D eigenvalue weighted by molar-refractivity contribution is 5.87. The second kappa shape index (κ2) is 6.50. The molecule has 0 aromatic carbocycles. The van der Waals surface area contributed by atoms with Crippen molar-refractivity contribution in [3.8, 4) is 0 Å². The van der Waals surface area contributed by atoms with Crippen molar-refractivity contribution in [3.63, 3.8) is 0 Å². The van der Waals surface area contributed by atoms with E-state index in [1.165, 1.54) is 7.11 Å². The second-order valence-corrected chi connectivity index (χ2v) is 7.48. The standard InChI is InChI=1S/C19H24N2O4/c1-19(2,3)25-18(23)21-13-8-9-14(21)11-12(10-13)15-6-5-7-16(20-15)17(22)24-4/h5-7,10,13-14H,8-9,11H2,1-4H3. The molecule has 6 nitrogen and oxygen atoms in total. The fourth-order valence-electron chi connectivity index (χ4n) is 3.45. The zero-order valence-electron chi connectivity index (χ0n) is 15.1. The predicted molar refractivity (Wildman–Crippen MR) is 93.1 cm³/mol. The number of aromatic nitrogens is 1. The van der Waals surface area contributed by atoms with Crippen molar-refractivity contribution in [1.29, 1.82) is 0 Å². The van der Waals surface area contributed by atoms with Gasteiger partial charge in [0.25, 0.3) is 0 Å². The summed E-state index contributed by atoms with van der Waals surface area (Å²) >= 11 is 0. The Morgan fingerprint density at radius 3 is 2.64 bits per heavy atom. The Bertz CT molecular complexity index is 720. The first-order chi connectivity index (χ1) is 11.8. The molecule has 0 N–H and O–H groups in total. The summed E-state index contributed by atoms with van der Waals surface area (Å²) < 4.78 is 10.3. The number of fused-ring (bicyclic) bond motifs is 2. The molecule has 2 atom stereocenters. The van der Waals surface area contributed by atoms with E-state index in [-0.39, 0.29) is 18.2 Å². The number of carbonyl (C=O) groups excluding carboxylic acids is 2. The summed E-state index contributed by atoms with van der Waals surface area (Å²) in [4.78, 5) is 30.4. The number of esters is 1. The monoisotopic (exact) mass is 344 g/mol. The molecule has 1 fully saturated rings. The number of rotatable bonds is 2. The van der Waals surface area contributed by atoms with E-state index >= 15 is 0 Å². The van der Waals surface area contributed by atoms with E-state index in [9.17, 15) is 9.59 Å². The summed E-state index contributed by atoms with van der Waals surface area (Å²) in [5.74, 6) is -0.448. The van der Waals surface area contributed by atoms with E-state index in [1.807, 2.05) is 31.7 Å². The predicted octanol–water partition coefficient (Wildman–Crippen LogP) is 3.42. The normalized spacial score (nSPS) is 22.4. The lowest BCUT2D eigenvalue weighted by Gasteiger charge is -2.35. The van der Waals surface area contributed by atoms with Crippen LogP contribution in [0.1, 0.15) is 56.2 Å². The van der Waals surface area contributed by atoms with E-state index in [4.69, 9.17) is 9.47 Å². The van der Waals surface area contributed by atoms with Gasteiger partial charge in [0.05, 0.1) is 18.8 Å². The molecule has 0 radical (unpaired) electrons. The molecule has 2 aliphatic heterocycles. The molecule has 1 saturated heterocycles. The summed E-state index contributed by atoms with van der Waals surface area (Å²) in [6.45, 7) is 5.63. The summed E-state index contributed by atoms with van der Waals surface area (Å²) in [6.07, 6.45) is 4.40. The lowest BCUT2D eigenvalue weighted by atomic mass is 9.98. The van der Waals surface area contributed by atoms with E-state index in [0.29, 0.717) is 12.1 Å². The van der Waals surface area contributed by atoms with Gasteiger partial charge in [-0.3, -0.25) is 4.90 Å². The molecule has 25 heavy (non-hydrogen) atoms. The van der Waals surface area contributed by atoms with Crippen LogP contribution in [0, 0.1) is 0 Å². The molecule has 0 aliphatic carbocycles. The molecular formula is C19H24N2O4. The van der Waals surface area contributed by atoms with Crippen LogP contribution in [0.2, 0.25) is 0 Å². The maximum atomic E-state index is 12.5. The molecule has 1 amide bonds. The Balaban J connectivity index is 1.82. The fraction of sp³-hybridized carbons (Fsp3) is 0.526. The Kier molecular flexibility index (Phi) is 4.54. The molecule has 2 aliphatic rings. The highest BCUT2D eigenvalue weighted by Gasteiger charge is 2.41. The van der Waals surface area contributed by atoms with Gasteiger partial charge >= 0.3 is 12.1 Å². The van der Waals surface area contributed by atoms with Crippen LogP contribution in [-0.2, 0) is 9.47 Å². The third-order valence-electron chi connectivity index (χ3n) is 4.47. The molecule has 1 aromatic heterocycles. The molecule has 6 heteroatoms. The smallest absolute Gasteiger partial charge is 0.411 e. The van der Waals surface area contributed by atoms with E-state index < -0.39 is 11.6 Å². The van der Waals surface area contributed by atoms with Crippen LogP contribution in [0.25, 0.3) is 5.57 Å². The Morgan fingerprint density at radius 1 is 1.24 bits per heavy atom. The number of hydrogen-bond acceptors (Lipinski definition) is 5. The molecule has 2 unspecified atom stereocenters. The van der Waals surface area contributed by atoms with Crippen molar-refractivity contribution in [2.45, 2.75) is 57.7 Å². The molecule has 134 valence electrons. The van der Waals surface area contributed by atoms with Crippen LogP contribution in [0.4, 0.5) is 4.79 Å². The average Bonchev–Trinajstić information content (AvgIpc) is 2.83. The van der Waals surface area contributed by atoms with Crippen LogP contribution in [0.15, 0.2) is 24.3 Å². The van der Waals surface area contributed by atoms with Gasteiger partial charge in [-0.25, -0.2) is 14.6 Å². The van der Waals surface area contributed by atoms with E-state index in [2.05, 4.69) is 11.1 Å². The first-order valence-corrected chi connectivity index (χ1v) is 8.56. The zero-order valence-corrected chi connectivity index (χ0v) is 15.1. The van der Waals surface area contributed by atoms with E-state index in [1.54, 1.807) is 12.1 Å². The third kappa shape index (κ3) is 3.67. The Hall–Kier alpha value is -2.37. The fourth-order valence-corrected chi connectivity index (χ4v) is 3.45. The van der Waals surface area contributed by atoms with Crippen molar-refractivity contribution in [1.82, 2.24) is 9.88 Å². The quantitative estimate of drug-likeness (QED) is 0.769. The van der Waals surface area contributed by atoms with Crippen molar-refractivity contribution >= 4 is 17.6 Å². The van der Waals surface area contributed by atoms with Gasteiger partial charge in [-0.05, 0) is 57.7 Å². The summed E-state index contributed by atoms with van der Waals surface area (Å²) in [5.41, 5.74) is 1.63. The third-order valence-corrected chi connectivity index (χ3v) is 4.47. The highest BCUT2D eigenvalue weighted by atomic mass is 16.6. The topological polar surface area (TPSA) is 68.7 Å². The van der Waals surface area contributed by atoms with Gasteiger partial charge in [-0.2, -0.15) is 0 Å². The summed E-state index contributed by atoms with van der Waals surface area (Å²) in [6, 6.07) is 5.47. The lowest BCUT2D eigenvalue weighted by molar-refractivity contribution is 0.0175.